The van der Waals surface area contributed by atoms with Crippen molar-refractivity contribution in [3.8, 4) is 0 Å². The van der Waals surface area contributed by atoms with Crippen molar-refractivity contribution in [2.75, 3.05) is 39.0 Å². The molecule has 1 heterocycles. The Bertz CT molecular complexity index is 556. The predicted molar refractivity (Wildman–Crippen MR) is 97.2 cm³/mol. The molecule has 1 aromatic rings. The molecule has 0 bridgehead atoms. The number of aromatic nitrogens is 2. The summed E-state index contributed by atoms with van der Waals surface area (Å²) in [5.74, 6) is 0.564. The number of allylic oxidation sites excluding steroid dienone is 1. The number of amides is 1. The topological polar surface area (TPSA) is 70.2 Å². The van der Waals surface area contributed by atoms with Gasteiger partial charge in [0.1, 0.15) is 17.8 Å². The highest BCUT2D eigenvalue weighted by molar-refractivity contribution is 5.92. The van der Waals surface area contributed by atoms with E-state index in [1.165, 1.54) is 37.6 Å². The first-order valence-corrected chi connectivity index (χ1v) is 8.82. The third-order valence-electron chi connectivity index (χ3n) is 4.10. The summed E-state index contributed by atoms with van der Waals surface area (Å²) in [6, 6.07) is 1.72. The van der Waals surface area contributed by atoms with Crippen LogP contribution in [0.2, 0.25) is 0 Å². The third-order valence-corrected chi connectivity index (χ3v) is 4.10. The SMILES string of the molecule is CN(C)CCCNC(=O)c1cc(NCCC2=CCCCC2)ncn1. The minimum Gasteiger partial charge on any atom is -0.370 e. The lowest BCUT2D eigenvalue weighted by Crippen LogP contribution is -2.28. The highest BCUT2D eigenvalue weighted by Gasteiger charge is 2.08. The smallest absolute Gasteiger partial charge is 0.270 e. The van der Waals surface area contributed by atoms with Gasteiger partial charge in [-0.2, -0.15) is 0 Å². The lowest BCUT2D eigenvalue weighted by Gasteiger charge is -2.13. The van der Waals surface area contributed by atoms with Crippen LogP contribution in [0.1, 0.15) is 49.0 Å². The summed E-state index contributed by atoms with van der Waals surface area (Å²) in [6.07, 6.45) is 10.8. The first-order chi connectivity index (χ1) is 11.6. The van der Waals surface area contributed by atoms with Crippen molar-refractivity contribution in [2.24, 2.45) is 0 Å². The summed E-state index contributed by atoms with van der Waals surface area (Å²) in [7, 11) is 4.04. The number of nitrogens with one attached hydrogen (secondary N) is 2. The van der Waals surface area contributed by atoms with E-state index in [4.69, 9.17) is 0 Å². The van der Waals surface area contributed by atoms with Crippen LogP contribution in [0.15, 0.2) is 24.0 Å². The molecule has 24 heavy (non-hydrogen) atoms. The van der Waals surface area contributed by atoms with E-state index in [9.17, 15) is 4.79 Å². The van der Waals surface area contributed by atoms with Crippen LogP contribution in [0.25, 0.3) is 0 Å². The Morgan fingerprint density at radius 1 is 1.25 bits per heavy atom. The molecule has 0 spiro atoms. The molecule has 1 amide bonds. The van der Waals surface area contributed by atoms with Gasteiger partial charge in [-0.3, -0.25) is 4.79 Å². The molecule has 1 aromatic heterocycles. The molecule has 0 radical (unpaired) electrons. The molecule has 0 aromatic carbocycles. The Hall–Kier alpha value is -1.95. The molecular formula is C18H29N5O. The number of rotatable bonds is 9. The van der Waals surface area contributed by atoms with E-state index in [0.29, 0.717) is 18.1 Å². The van der Waals surface area contributed by atoms with Crippen molar-refractivity contribution in [3.63, 3.8) is 0 Å². The molecule has 2 N–H and O–H groups in total. The number of hydrogen-bond acceptors (Lipinski definition) is 5. The summed E-state index contributed by atoms with van der Waals surface area (Å²) in [5, 5.41) is 6.19. The van der Waals surface area contributed by atoms with Crippen LogP contribution in [-0.4, -0.2) is 54.5 Å². The van der Waals surface area contributed by atoms with Gasteiger partial charge in [0.2, 0.25) is 0 Å². The lowest BCUT2D eigenvalue weighted by atomic mass is 9.97. The zero-order chi connectivity index (χ0) is 17.2. The van der Waals surface area contributed by atoms with Crippen molar-refractivity contribution in [3.05, 3.63) is 29.7 Å². The molecule has 2 rings (SSSR count). The van der Waals surface area contributed by atoms with Crippen LogP contribution < -0.4 is 10.6 Å². The van der Waals surface area contributed by atoms with Crippen molar-refractivity contribution < 1.29 is 4.79 Å². The number of carbonyl (C=O) groups excluding carboxylic acids is 1. The standard InChI is InChI=1S/C18H29N5O/c1-23(2)12-6-10-20-18(24)16-13-17(22-14-21-16)19-11-9-15-7-4-3-5-8-15/h7,13-14H,3-6,8-12H2,1-2H3,(H,20,24)(H,19,21,22). The fourth-order valence-electron chi connectivity index (χ4n) is 2.75. The van der Waals surface area contributed by atoms with Gasteiger partial charge in [0.05, 0.1) is 0 Å². The van der Waals surface area contributed by atoms with Gasteiger partial charge in [-0.25, -0.2) is 9.97 Å². The van der Waals surface area contributed by atoms with Crippen molar-refractivity contribution >= 4 is 11.7 Å². The molecular weight excluding hydrogens is 302 g/mol. The van der Waals surface area contributed by atoms with Gasteiger partial charge < -0.3 is 15.5 Å². The molecule has 0 saturated heterocycles. The summed E-state index contributed by atoms with van der Waals surface area (Å²) in [6.45, 7) is 2.44. The average molecular weight is 331 g/mol. The summed E-state index contributed by atoms with van der Waals surface area (Å²) in [5.41, 5.74) is 1.94. The average Bonchev–Trinajstić information content (AvgIpc) is 2.59. The normalized spacial score (nSPS) is 14.4. The maximum absolute atomic E-state index is 12.1. The van der Waals surface area contributed by atoms with Gasteiger partial charge in [0, 0.05) is 19.2 Å². The molecule has 1 aliphatic rings. The molecule has 0 fully saturated rings. The summed E-state index contributed by atoms with van der Waals surface area (Å²) >= 11 is 0. The monoisotopic (exact) mass is 331 g/mol. The Morgan fingerprint density at radius 2 is 2.12 bits per heavy atom. The van der Waals surface area contributed by atoms with E-state index in [1.54, 1.807) is 6.07 Å². The Labute approximate surface area is 144 Å². The Kier molecular flexibility index (Phi) is 7.68. The number of carbonyl (C=O) groups is 1. The zero-order valence-corrected chi connectivity index (χ0v) is 14.8. The lowest BCUT2D eigenvalue weighted by molar-refractivity contribution is 0.0947. The van der Waals surface area contributed by atoms with Gasteiger partial charge in [-0.05, 0) is 59.2 Å². The van der Waals surface area contributed by atoms with Gasteiger partial charge in [0.15, 0.2) is 0 Å². The fourth-order valence-corrected chi connectivity index (χ4v) is 2.75. The van der Waals surface area contributed by atoms with Crippen LogP contribution >= 0.6 is 0 Å². The van der Waals surface area contributed by atoms with Crippen molar-refractivity contribution in [1.82, 2.24) is 20.2 Å². The quantitative estimate of drug-likeness (QED) is 0.537. The second kappa shape index (κ2) is 10.0. The van der Waals surface area contributed by atoms with E-state index in [1.807, 2.05) is 14.1 Å². The van der Waals surface area contributed by atoms with Crippen LogP contribution in [0.5, 0.6) is 0 Å². The maximum atomic E-state index is 12.1. The van der Waals surface area contributed by atoms with E-state index in [-0.39, 0.29) is 5.91 Å². The molecule has 0 atom stereocenters. The number of anilines is 1. The van der Waals surface area contributed by atoms with Gasteiger partial charge >= 0.3 is 0 Å². The van der Waals surface area contributed by atoms with Gasteiger partial charge in [-0.1, -0.05) is 11.6 Å². The molecule has 0 aliphatic heterocycles. The first-order valence-electron chi connectivity index (χ1n) is 8.82. The second-order valence-electron chi connectivity index (χ2n) is 6.49. The highest BCUT2D eigenvalue weighted by Crippen LogP contribution is 2.19. The van der Waals surface area contributed by atoms with Crippen LogP contribution in [0.4, 0.5) is 5.82 Å². The van der Waals surface area contributed by atoms with Crippen molar-refractivity contribution in [2.45, 2.75) is 38.5 Å². The first kappa shape index (κ1) is 18.4. The molecule has 6 nitrogen and oxygen atoms in total. The third kappa shape index (κ3) is 6.66. The predicted octanol–water partition coefficient (Wildman–Crippen LogP) is 2.46. The van der Waals surface area contributed by atoms with Gasteiger partial charge in [0.25, 0.3) is 5.91 Å². The molecule has 6 heteroatoms. The molecule has 0 unspecified atom stereocenters. The Morgan fingerprint density at radius 3 is 2.88 bits per heavy atom. The largest absolute Gasteiger partial charge is 0.370 e. The zero-order valence-electron chi connectivity index (χ0n) is 14.8. The minimum absolute atomic E-state index is 0.144. The van der Waals surface area contributed by atoms with Crippen LogP contribution in [0.3, 0.4) is 0 Å². The summed E-state index contributed by atoms with van der Waals surface area (Å²) in [4.78, 5) is 22.5. The second-order valence-corrected chi connectivity index (χ2v) is 6.49. The Balaban J connectivity index is 1.75. The van der Waals surface area contributed by atoms with E-state index in [2.05, 4.69) is 31.6 Å². The maximum Gasteiger partial charge on any atom is 0.270 e. The minimum atomic E-state index is -0.144. The van der Waals surface area contributed by atoms with E-state index in [0.717, 1.165) is 25.9 Å². The van der Waals surface area contributed by atoms with Crippen LogP contribution in [0, 0.1) is 0 Å². The van der Waals surface area contributed by atoms with E-state index >= 15 is 0 Å². The molecule has 1 aliphatic carbocycles. The van der Waals surface area contributed by atoms with Gasteiger partial charge in [-0.15, -0.1) is 0 Å². The summed E-state index contributed by atoms with van der Waals surface area (Å²) < 4.78 is 0. The number of hydrogen-bond donors (Lipinski definition) is 2. The van der Waals surface area contributed by atoms with Crippen molar-refractivity contribution in [1.29, 1.82) is 0 Å². The highest BCUT2D eigenvalue weighted by atomic mass is 16.1. The molecule has 0 saturated carbocycles. The number of nitrogens with zero attached hydrogens (tertiary/aromatic N) is 3. The van der Waals surface area contributed by atoms with Crippen LogP contribution in [-0.2, 0) is 0 Å². The van der Waals surface area contributed by atoms with E-state index < -0.39 is 0 Å². The molecule has 132 valence electrons. The fraction of sp³-hybridized carbons (Fsp3) is 0.611.